The van der Waals surface area contributed by atoms with E-state index in [1.54, 1.807) is 6.92 Å². The van der Waals surface area contributed by atoms with E-state index >= 15 is 0 Å². The Morgan fingerprint density at radius 3 is 2.59 bits per heavy atom. The molecule has 1 aromatic carbocycles. The Hall–Kier alpha value is -1.88. The summed E-state index contributed by atoms with van der Waals surface area (Å²) in [5.41, 5.74) is 7.89. The van der Waals surface area contributed by atoms with Crippen LogP contribution in [0.3, 0.4) is 0 Å². The number of likely N-dealkylation sites (tertiary alicyclic amines) is 2. The zero-order chi connectivity index (χ0) is 15.9. The predicted molar refractivity (Wildman–Crippen MR) is 83.9 cm³/mol. The van der Waals surface area contributed by atoms with Gasteiger partial charge < -0.3 is 15.5 Å². The van der Waals surface area contributed by atoms with Crippen LogP contribution >= 0.6 is 0 Å². The molecule has 5 nitrogen and oxygen atoms in total. The summed E-state index contributed by atoms with van der Waals surface area (Å²) in [5.74, 6) is 0.774. The van der Waals surface area contributed by atoms with E-state index in [1.165, 1.54) is 11.1 Å². The molecule has 0 unspecified atom stereocenters. The first-order valence-electron chi connectivity index (χ1n) is 7.83. The Kier molecular flexibility index (Phi) is 3.91. The van der Waals surface area contributed by atoms with Crippen molar-refractivity contribution in [2.75, 3.05) is 26.2 Å². The molecule has 2 N–H and O–H groups in total. The van der Waals surface area contributed by atoms with Crippen LogP contribution < -0.4 is 5.73 Å². The Balaban J connectivity index is 1.92. The molecule has 0 radical (unpaired) electrons. The fourth-order valence-electron chi connectivity index (χ4n) is 4.02. The average molecular weight is 301 g/mol. The minimum Gasteiger partial charge on any atom is -0.341 e. The second-order valence-electron chi connectivity index (χ2n) is 6.40. The highest BCUT2D eigenvalue weighted by atomic mass is 16.2. The van der Waals surface area contributed by atoms with Crippen molar-refractivity contribution in [3.8, 4) is 0 Å². The third-order valence-corrected chi connectivity index (χ3v) is 5.10. The number of carbonyl (C=O) groups is 2. The van der Waals surface area contributed by atoms with Crippen molar-refractivity contribution in [3.63, 3.8) is 0 Å². The topological polar surface area (TPSA) is 66.6 Å². The lowest BCUT2D eigenvalue weighted by atomic mass is 9.87. The van der Waals surface area contributed by atoms with Gasteiger partial charge in [-0.1, -0.05) is 24.3 Å². The van der Waals surface area contributed by atoms with Crippen molar-refractivity contribution in [2.24, 2.45) is 17.6 Å². The van der Waals surface area contributed by atoms with E-state index in [1.807, 2.05) is 21.9 Å². The third-order valence-electron chi connectivity index (χ3n) is 5.10. The maximum Gasteiger partial charge on any atom is 0.236 e. The second-order valence-corrected chi connectivity index (χ2v) is 6.40. The highest BCUT2D eigenvalue weighted by molar-refractivity contribution is 5.79. The maximum atomic E-state index is 12.1. The Bertz CT molecular complexity index is 601. The van der Waals surface area contributed by atoms with Crippen LogP contribution in [0.1, 0.15) is 24.1 Å². The molecule has 3 rings (SSSR count). The van der Waals surface area contributed by atoms with E-state index in [2.05, 4.69) is 19.1 Å². The molecule has 2 fully saturated rings. The number of hydrogen-bond acceptors (Lipinski definition) is 3. The van der Waals surface area contributed by atoms with Gasteiger partial charge in [0.25, 0.3) is 0 Å². The molecule has 3 atom stereocenters. The number of amides is 2. The van der Waals surface area contributed by atoms with E-state index in [9.17, 15) is 9.59 Å². The fraction of sp³-hybridized carbons (Fsp3) is 0.529. The molecule has 118 valence electrons. The highest BCUT2D eigenvalue weighted by Crippen LogP contribution is 2.45. The van der Waals surface area contributed by atoms with Crippen LogP contribution in [-0.4, -0.2) is 47.8 Å². The van der Waals surface area contributed by atoms with E-state index in [0.29, 0.717) is 24.9 Å². The first-order chi connectivity index (χ1) is 10.5. The SMILES string of the molecule is CC(=O)N1C[C@H]2CN(C(=O)CN)C[C@H]2[C@@H]1c1ccccc1C. The number of fused-ring (bicyclic) bond motifs is 1. The molecule has 0 spiro atoms. The molecule has 0 bridgehead atoms. The van der Waals surface area contributed by atoms with Crippen LogP contribution in [-0.2, 0) is 9.59 Å². The molecule has 0 aromatic heterocycles. The molecule has 0 aliphatic carbocycles. The second kappa shape index (κ2) is 5.72. The van der Waals surface area contributed by atoms with Gasteiger partial charge in [0.15, 0.2) is 0 Å². The fourth-order valence-corrected chi connectivity index (χ4v) is 4.02. The monoisotopic (exact) mass is 301 g/mol. The summed E-state index contributed by atoms with van der Waals surface area (Å²) >= 11 is 0. The van der Waals surface area contributed by atoms with E-state index in [0.717, 1.165) is 6.54 Å². The van der Waals surface area contributed by atoms with Gasteiger partial charge in [-0.25, -0.2) is 0 Å². The summed E-state index contributed by atoms with van der Waals surface area (Å²) < 4.78 is 0. The minimum absolute atomic E-state index is 0.00677. The maximum absolute atomic E-state index is 12.1. The lowest BCUT2D eigenvalue weighted by Crippen LogP contribution is -2.38. The summed E-state index contributed by atoms with van der Waals surface area (Å²) in [4.78, 5) is 27.8. The standard InChI is InChI=1S/C17H23N3O2/c1-11-5-3-4-6-14(11)17-15-10-19(16(22)7-18)8-13(15)9-20(17)12(2)21/h3-6,13,15,17H,7-10,18H2,1-2H3/t13-,15-,17+/m1/s1. The van der Waals surface area contributed by atoms with Gasteiger partial charge in [0, 0.05) is 38.4 Å². The van der Waals surface area contributed by atoms with Crippen molar-refractivity contribution in [2.45, 2.75) is 19.9 Å². The minimum atomic E-state index is 0.00677. The quantitative estimate of drug-likeness (QED) is 0.884. The highest BCUT2D eigenvalue weighted by Gasteiger charge is 2.49. The number of benzene rings is 1. The molecule has 0 saturated carbocycles. The first kappa shape index (κ1) is 15.0. The average Bonchev–Trinajstić information content (AvgIpc) is 3.04. The predicted octanol–water partition coefficient (Wildman–Crippen LogP) is 0.932. The molecule has 2 aliphatic rings. The zero-order valence-corrected chi connectivity index (χ0v) is 13.2. The van der Waals surface area contributed by atoms with E-state index in [-0.39, 0.29) is 24.4 Å². The smallest absolute Gasteiger partial charge is 0.236 e. The number of aryl methyl sites for hydroxylation is 1. The summed E-state index contributed by atoms with van der Waals surface area (Å²) in [6.45, 7) is 5.92. The number of nitrogens with two attached hydrogens (primary N) is 1. The van der Waals surface area contributed by atoms with Gasteiger partial charge in [-0.3, -0.25) is 9.59 Å². The third kappa shape index (κ3) is 2.39. The van der Waals surface area contributed by atoms with Crippen molar-refractivity contribution < 1.29 is 9.59 Å². The molecule has 2 aliphatic heterocycles. The van der Waals surface area contributed by atoms with Crippen LogP contribution in [0.4, 0.5) is 0 Å². The van der Waals surface area contributed by atoms with Crippen molar-refractivity contribution in [3.05, 3.63) is 35.4 Å². The van der Waals surface area contributed by atoms with Crippen molar-refractivity contribution in [1.82, 2.24) is 9.80 Å². The van der Waals surface area contributed by atoms with Gasteiger partial charge in [0.1, 0.15) is 0 Å². The zero-order valence-electron chi connectivity index (χ0n) is 13.2. The van der Waals surface area contributed by atoms with E-state index < -0.39 is 0 Å². The van der Waals surface area contributed by atoms with E-state index in [4.69, 9.17) is 5.73 Å². The summed E-state index contributed by atoms with van der Waals surface area (Å²) in [6, 6.07) is 8.29. The normalized spacial score (nSPS) is 27.1. The Labute approximate surface area is 131 Å². The summed E-state index contributed by atoms with van der Waals surface area (Å²) in [5, 5.41) is 0. The number of nitrogens with zero attached hydrogens (tertiary/aromatic N) is 2. The molecule has 2 saturated heterocycles. The van der Waals surface area contributed by atoms with Gasteiger partial charge in [0.05, 0.1) is 12.6 Å². The molecule has 2 amide bonds. The molecule has 22 heavy (non-hydrogen) atoms. The number of hydrogen-bond donors (Lipinski definition) is 1. The molecular formula is C17H23N3O2. The molecular weight excluding hydrogens is 278 g/mol. The van der Waals surface area contributed by atoms with Crippen LogP contribution in [0, 0.1) is 18.8 Å². The summed E-state index contributed by atoms with van der Waals surface area (Å²) in [7, 11) is 0. The van der Waals surface area contributed by atoms with Gasteiger partial charge in [0.2, 0.25) is 11.8 Å². The molecule has 2 heterocycles. The number of carbonyl (C=O) groups excluding carboxylic acids is 2. The Morgan fingerprint density at radius 1 is 1.23 bits per heavy atom. The molecule has 1 aromatic rings. The largest absolute Gasteiger partial charge is 0.341 e. The Morgan fingerprint density at radius 2 is 1.95 bits per heavy atom. The molecule has 5 heteroatoms. The number of rotatable bonds is 2. The summed E-state index contributed by atoms with van der Waals surface area (Å²) in [6.07, 6.45) is 0. The lowest BCUT2D eigenvalue weighted by molar-refractivity contribution is -0.131. The lowest BCUT2D eigenvalue weighted by Gasteiger charge is -2.30. The van der Waals surface area contributed by atoms with Crippen LogP contribution in [0.5, 0.6) is 0 Å². The van der Waals surface area contributed by atoms with Crippen LogP contribution in [0.15, 0.2) is 24.3 Å². The van der Waals surface area contributed by atoms with Gasteiger partial charge in [-0.2, -0.15) is 0 Å². The van der Waals surface area contributed by atoms with Crippen LogP contribution in [0.25, 0.3) is 0 Å². The van der Waals surface area contributed by atoms with Crippen molar-refractivity contribution >= 4 is 11.8 Å². The van der Waals surface area contributed by atoms with Gasteiger partial charge >= 0.3 is 0 Å². The van der Waals surface area contributed by atoms with Crippen molar-refractivity contribution in [1.29, 1.82) is 0 Å². The van der Waals surface area contributed by atoms with Gasteiger partial charge in [-0.05, 0) is 18.1 Å². The van der Waals surface area contributed by atoms with Crippen LogP contribution in [0.2, 0.25) is 0 Å². The first-order valence-corrected chi connectivity index (χ1v) is 7.83. The van der Waals surface area contributed by atoms with Gasteiger partial charge in [-0.15, -0.1) is 0 Å².